The number of halogens is 3. The van der Waals surface area contributed by atoms with Crippen molar-refractivity contribution in [3.63, 3.8) is 0 Å². The molecule has 0 aliphatic carbocycles. The van der Waals surface area contributed by atoms with Gasteiger partial charge in [0.25, 0.3) is 5.91 Å². The second-order valence-corrected chi connectivity index (χ2v) is 9.75. The number of methoxy groups -OCH3 is 1. The molecule has 0 saturated heterocycles. The van der Waals surface area contributed by atoms with E-state index in [0.29, 0.717) is 50.4 Å². The average molecular weight is 553 g/mol. The molecule has 1 N–H and O–H groups in total. The van der Waals surface area contributed by atoms with Gasteiger partial charge in [0.15, 0.2) is 0 Å². The van der Waals surface area contributed by atoms with E-state index in [1.54, 1.807) is 28.0 Å². The first-order valence-corrected chi connectivity index (χ1v) is 12.7. The Morgan fingerprint density at radius 3 is 2.10 bits per heavy atom. The Labute approximate surface area is 228 Å². The molecule has 3 aromatic rings. The van der Waals surface area contributed by atoms with Crippen LogP contribution in [0.25, 0.3) is 0 Å². The van der Waals surface area contributed by atoms with E-state index in [9.17, 15) is 27.6 Å². The van der Waals surface area contributed by atoms with Crippen molar-refractivity contribution in [2.24, 2.45) is 0 Å². The van der Waals surface area contributed by atoms with E-state index in [1.165, 1.54) is 11.1 Å². The Balaban J connectivity index is 1.55. The zero-order chi connectivity index (χ0) is 28.4. The summed E-state index contributed by atoms with van der Waals surface area (Å²) in [6.07, 6.45) is -1.83. The standard InChI is InChI=1S/C29H27F3N4O4/c1-40-27-7-4-21(14-26(27)29(30,31)32)28(39)36(25-6-3-20-9-11-35(18-38)16-23(20)13-25)33-24-5-2-19-8-10-34(17-37)15-22(19)12-24/h2-7,12-14,17-18,33H,8-11,15-16H2,1H3. The number of nitrogens with zero attached hydrogens (tertiary/aromatic N) is 3. The minimum atomic E-state index is -4.73. The number of hydrazine groups is 1. The van der Waals surface area contributed by atoms with Gasteiger partial charge in [0.2, 0.25) is 12.8 Å². The van der Waals surface area contributed by atoms with Gasteiger partial charge in [-0.25, -0.2) is 5.01 Å². The monoisotopic (exact) mass is 552 g/mol. The summed E-state index contributed by atoms with van der Waals surface area (Å²) in [6, 6.07) is 14.0. The Hall–Kier alpha value is -4.54. The van der Waals surface area contributed by atoms with E-state index < -0.39 is 17.6 Å². The highest BCUT2D eigenvalue weighted by Crippen LogP contribution is 2.37. The van der Waals surface area contributed by atoms with Gasteiger partial charge in [-0.15, -0.1) is 0 Å². The summed E-state index contributed by atoms with van der Waals surface area (Å²) >= 11 is 0. The number of alkyl halides is 3. The maximum atomic E-state index is 13.8. The number of fused-ring (bicyclic) bond motifs is 2. The summed E-state index contributed by atoms with van der Waals surface area (Å²) in [5.41, 5.74) is 6.60. The van der Waals surface area contributed by atoms with E-state index in [1.807, 2.05) is 18.2 Å². The Bertz CT molecular complexity index is 1460. The van der Waals surface area contributed by atoms with Crippen LogP contribution >= 0.6 is 0 Å². The molecular weight excluding hydrogens is 525 g/mol. The van der Waals surface area contributed by atoms with Gasteiger partial charge in [0.05, 0.1) is 24.0 Å². The van der Waals surface area contributed by atoms with Gasteiger partial charge >= 0.3 is 6.18 Å². The van der Waals surface area contributed by atoms with E-state index in [4.69, 9.17) is 4.74 Å². The molecule has 2 aliphatic heterocycles. The van der Waals surface area contributed by atoms with E-state index in [2.05, 4.69) is 5.43 Å². The number of benzene rings is 3. The Morgan fingerprint density at radius 1 is 0.875 bits per heavy atom. The third-order valence-electron chi connectivity index (χ3n) is 7.23. The highest BCUT2D eigenvalue weighted by Gasteiger charge is 2.35. The van der Waals surface area contributed by atoms with Gasteiger partial charge in [-0.1, -0.05) is 12.1 Å². The van der Waals surface area contributed by atoms with Crippen molar-refractivity contribution < 1.29 is 32.3 Å². The van der Waals surface area contributed by atoms with Crippen LogP contribution in [0.2, 0.25) is 0 Å². The van der Waals surface area contributed by atoms with Crippen molar-refractivity contribution in [3.8, 4) is 5.75 Å². The highest BCUT2D eigenvalue weighted by atomic mass is 19.4. The number of hydrogen-bond acceptors (Lipinski definition) is 5. The van der Waals surface area contributed by atoms with Crippen LogP contribution in [0.1, 0.15) is 38.2 Å². The lowest BCUT2D eigenvalue weighted by molar-refractivity contribution is -0.138. The van der Waals surface area contributed by atoms with Crippen molar-refractivity contribution in [2.45, 2.75) is 32.1 Å². The molecule has 2 heterocycles. The summed E-state index contributed by atoms with van der Waals surface area (Å²) in [5, 5.41) is 1.20. The molecule has 0 spiro atoms. The summed E-state index contributed by atoms with van der Waals surface area (Å²) in [6.45, 7) is 1.96. The minimum absolute atomic E-state index is 0.196. The molecule has 0 bridgehead atoms. The van der Waals surface area contributed by atoms with Crippen LogP contribution in [-0.2, 0) is 41.7 Å². The molecule has 0 fully saturated rings. The van der Waals surface area contributed by atoms with Crippen LogP contribution in [0.4, 0.5) is 24.5 Å². The predicted octanol–water partition coefficient (Wildman–Crippen LogP) is 4.42. The summed E-state index contributed by atoms with van der Waals surface area (Å²) < 4.78 is 46.1. The van der Waals surface area contributed by atoms with Crippen LogP contribution in [0.3, 0.4) is 0 Å². The fourth-order valence-electron chi connectivity index (χ4n) is 5.09. The molecule has 40 heavy (non-hydrogen) atoms. The molecular formula is C29H27F3N4O4. The topological polar surface area (TPSA) is 82.2 Å². The van der Waals surface area contributed by atoms with Gasteiger partial charge in [-0.2, -0.15) is 13.2 Å². The fraction of sp³-hybridized carbons (Fsp3) is 0.276. The molecule has 208 valence electrons. The zero-order valence-corrected chi connectivity index (χ0v) is 21.7. The Kier molecular flexibility index (Phi) is 7.38. The molecule has 8 nitrogen and oxygen atoms in total. The molecule has 2 aliphatic rings. The number of anilines is 2. The molecule has 3 amide bonds. The number of ether oxygens (including phenoxy) is 1. The van der Waals surface area contributed by atoms with E-state index >= 15 is 0 Å². The third-order valence-corrected chi connectivity index (χ3v) is 7.23. The number of carbonyl (C=O) groups excluding carboxylic acids is 3. The van der Waals surface area contributed by atoms with Gasteiger partial charge in [0, 0.05) is 31.7 Å². The quantitative estimate of drug-likeness (QED) is 0.347. The first-order chi connectivity index (χ1) is 19.2. The van der Waals surface area contributed by atoms with Crippen LogP contribution in [0.5, 0.6) is 5.75 Å². The molecule has 5 rings (SSSR count). The van der Waals surface area contributed by atoms with Crippen LogP contribution in [0, 0.1) is 0 Å². The lowest BCUT2D eigenvalue weighted by Crippen LogP contribution is -2.37. The highest BCUT2D eigenvalue weighted by molar-refractivity contribution is 6.07. The van der Waals surface area contributed by atoms with E-state index in [-0.39, 0.29) is 11.3 Å². The smallest absolute Gasteiger partial charge is 0.419 e. The largest absolute Gasteiger partial charge is 0.496 e. The third kappa shape index (κ3) is 5.45. The van der Waals surface area contributed by atoms with Gasteiger partial charge in [-0.05, 0) is 77.6 Å². The number of hydrogen-bond donors (Lipinski definition) is 1. The van der Waals surface area contributed by atoms with Gasteiger partial charge in [0.1, 0.15) is 5.75 Å². The Morgan fingerprint density at radius 2 is 1.50 bits per heavy atom. The predicted molar refractivity (Wildman–Crippen MR) is 142 cm³/mol. The molecule has 3 aromatic carbocycles. The van der Waals surface area contributed by atoms with Crippen molar-refractivity contribution in [1.82, 2.24) is 9.80 Å². The van der Waals surface area contributed by atoms with Crippen molar-refractivity contribution in [3.05, 3.63) is 88.0 Å². The molecule has 0 aromatic heterocycles. The molecule has 0 radical (unpaired) electrons. The second-order valence-electron chi connectivity index (χ2n) is 9.75. The van der Waals surface area contributed by atoms with Crippen LogP contribution < -0.4 is 15.2 Å². The van der Waals surface area contributed by atoms with Gasteiger partial charge in [-0.3, -0.25) is 19.8 Å². The van der Waals surface area contributed by atoms with Crippen LogP contribution in [-0.4, -0.2) is 48.7 Å². The molecule has 0 unspecified atom stereocenters. The zero-order valence-electron chi connectivity index (χ0n) is 21.7. The lowest BCUT2D eigenvalue weighted by atomic mass is 9.99. The average Bonchev–Trinajstić information content (AvgIpc) is 2.97. The van der Waals surface area contributed by atoms with Gasteiger partial charge < -0.3 is 14.5 Å². The maximum Gasteiger partial charge on any atom is 0.419 e. The summed E-state index contributed by atoms with van der Waals surface area (Å²) in [5.74, 6) is -1.11. The normalized spacial score (nSPS) is 14.6. The first kappa shape index (κ1) is 27.0. The van der Waals surface area contributed by atoms with E-state index in [0.717, 1.165) is 54.3 Å². The lowest BCUT2D eigenvalue weighted by Gasteiger charge is -2.30. The first-order valence-electron chi connectivity index (χ1n) is 12.7. The second kappa shape index (κ2) is 10.9. The SMILES string of the molecule is COc1ccc(C(=O)N(Nc2ccc3c(c2)CN(C=O)CC3)c2ccc3c(c2)CN(C=O)CC3)cc1C(F)(F)F. The number of rotatable bonds is 7. The minimum Gasteiger partial charge on any atom is -0.496 e. The van der Waals surface area contributed by atoms with Crippen LogP contribution in [0.15, 0.2) is 54.6 Å². The molecule has 0 atom stereocenters. The molecule has 0 saturated carbocycles. The molecule has 11 heteroatoms. The maximum absolute atomic E-state index is 13.8. The fourth-order valence-corrected chi connectivity index (χ4v) is 5.09. The summed E-state index contributed by atoms with van der Waals surface area (Å²) in [4.78, 5) is 39.8. The number of amides is 3. The number of carbonyl (C=O) groups is 3. The van der Waals surface area contributed by atoms with Crippen molar-refractivity contribution in [1.29, 1.82) is 0 Å². The summed E-state index contributed by atoms with van der Waals surface area (Å²) in [7, 11) is 1.14. The number of nitrogens with one attached hydrogen (secondary N) is 1. The van der Waals surface area contributed by atoms with Crippen molar-refractivity contribution >= 4 is 30.1 Å². The van der Waals surface area contributed by atoms with Crippen molar-refractivity contribution in [2.75, 3.05) is 30.6 Å².